The highest BCUT2D eigenvalue weighted by Crippen LogP contribution is 1.92. The van der Waals surface area contributed by atoms with Gasteiger partial charge in [0.15, 0.2) is 12.4 Å². The van der Waals surface area contributed by atoms with Gasteiger partial charge in [0.05, 0.1) is 11.6 Å². The van der Waals surface area contributed by atoms with Crippen molar-refractivity contribution in [2.75, 3.05) is 0 Å². The van der Waals surface area contributed by atoms with Crippen molar-refractivity contribution in [3.05, 3.63) is 30.1 Å². The quantitative estimate of drug-likeness (QED) is 0.550. The van der Waals surface area contributed by atoms with Crippen LogP contribution in [-0.4, -0.2) is 0 Å². The number of aryl methyl sites for hydroxylation is 1. The van der Waals surface area contributed by atoms with Crippen LogP contribution in [0.4, 0.5) is 0 Å². The molecule has 0 spiro atoms. The topological polar surface area (TPSA) is 27.7 Å². The summed E-state index contributed by atoms with van der Waals surface area (Å²) >= 11 is 0. The van der Waals surface area contributed by atoms with Crippen molar-refractivity contribution < 1.29 is 17.0 Å². The first kappa shape index (κ1) is 11.9. The number of nitrogens with zero attached hydrogens (tertiary/aromatic N) is 2. The smallest absolute Gasteiger partial charge is 0.170 e. The van der Waals surface area contributed by atoms with Gasteiger partial charge in [-0.2, -0.15) is 5.26 Å². The van der Waals surface area contributed by atoms with Gasteiger partial charge in [0, 0.05) is 18.6 Å². The minimum absolute atomic E-state index is 0. The summed E-state index contributed by atoms with van der Waals surface area (Å²) in [6, 6.07) is 5.78. The summed E-state index contributed by atoms with van der Waals surface area (Å²) in [5, 5.41) is 8.55. The first-order valence-corrected chi connectivity index (χ1v) is 4.26. The minimum atomic E-state index is 0. The van der Waals surface area contributed by atoms with Gasteiger partial charge in [-0.15, -0.1) is 0 Å². The van der Waals surface area contributed by atoms with Crippen LogP contribution in [0, 0.1) is 11.3 Å². The molecule has 1 heterocycles. The van der Waals surface area contributed by atoms with E-state index in [9.17, 15) is 0 Å². The summed E-state index contributed by atoms with van der Waals surface area (Å²) < 4.78 is 2.10. The zero-order chi connectivity index (χ0) is 8.81. The number of nitriles is 1. The maximum atomic E-state index is 8.55. The first-order valence-electron chi connectivity index (χ1n) is 4.26. The van der Waals surface area contributed by atoms with Crippen molar-refractivity contribution in [2.45, 2.75) is 26.3 Å². The molecule has 0 atom stereocenters. The Hall–Kier alpha value is -1.07. The van der Waals surface area contributed by atoms with E-state index in [1.807, 2.05) is 24.5 Å². The van der Waals surface area contributed by atoms with Gasteiger partial charge >= 0.3 is 0 Å². The predicted octanol–water partition coefficient (Wildman–Crippen LogP) is -1.35. The Balaban J connectivity index is 0.00000144. The van der Waals surface area contributed by atoms with Crippen LogP contribution in [0.5, 0.6) is 0 Å². The molecule has 0 saturated carbocycles. The summed E-state index contributed by atoms with van der Waals surface area (Å²) in [6.07, 6.45) is 6.30. The third-order valence-corrected chi connectivity index (χ3v) is 1.79. The second kappa shape index (κ2) is 6.45. The zero-order valence-corrected chi connectivity index (χ0v) is 8.46. The number of rotatable bonds is 3. The SMILES string of the molecule is CCCC[n+]1ccc(C#N)cc1.[Cl-]. The monoisotopic (exact) mass is 196 g/mol. The predicted molar refractivity (Wildman–Crippen MR) is 46.3 cm³/mol. The van der Waals surface area contributed by atoms with E-state index in [4.69, 9.17) is 5.26 Å². The van der Waals surface area contributed by atoms with Gasteiger partial charge < -0.3 is 12.4 Å². The second-order valence-corrected chi connectivity index (χ2v) is 2.79. The van der Waals surface area contributed by atoms with Crippen LogP contribution < -0.4 is 17.0 Å². The number of hydrogen-bond acceptors (Lipinski definition) is 1. The van der Waals surface area contributed by atoms with E-state index in [0.29, 0.717) is 0 Å². The largest absolute Gasteiger partial charge is 1.00 e. The molecule has 1 aromatic rings. The van der Waals surface area contributed by atoms with Crippen LogP contribution in [-0.2, 0) is 6.54 Å². The molecule has 0 aliphatic rings. The summed E-state index contributed by atoms with van der Waals surface area (Å²) in [5.74, 6) is 0. The number of aromatic nitrogens is 1. The molecule has 0 unspecified atom stereocenters. The highest BCUT2D eigenvalue weighted by atomic mass is 35.5. The molecule has 1 rings (SSSR count). The average Bonchev–Trinajstić information content (AvgIpc) is 2.15. The number of hydrogen-bond donors (Lipinski definition) is 0. The van der Waals surface area contributed by atoms with Crippen LogP contribution >= 0.6 is 0 Å². The molecule has 0 bridgehead atoms. The Morgan fingerprint density at radius 3 is 2.46 bits per heavy atom. The molecule has 0 aliphatic heterocycles. The minimum Gasteiger partial charge on any atom is -1.00 e. The summed E-state index contributed by atoms with van der Waals surface area (Å²) in [6.45, 7) is 3.21. The van der Waals surface area contributed by atoms with Crippen LogP contribution in [0.25, 0.3) is 0 Å². The highest BCUT2D eigenvalue weighted by molar-refractivity contribution is 5.23. The molecule has 13 heavy (non-hydrogen) atoms. The molecule has 3 heteroatoms. The van der Waals surface area contributed by atoms with Gasteiger partial charge in [-0.3, -0.25) is 0 Å². The lowest BCUT2D eigenvalue weighted by molar-refractivity contribution is -0.697. The number of pyridine rings is 1. The Morgan fingerprint density at radius 2 is 2.00 bits per heavy atom. The summed E-state index contributed by atoms with van der Waals surface area (Å²) in [7, 11) is 0. The third kappa shape index (κ3) is 3.91. The Kier molecular flexibility index (Phi) is 5.92. The van der Waals surface area contributed by atoms with Gasteiger partial charge in [-0.1, -0.05) is 13.3 Å². The molecule has 0 saturated heterocycles. The van der Waals surface area contributed by atoms with Gasteiger partial charge in [-0.25, -0.2) is 4.57 Å². The maximum absolute atomic E-state index is 8.55. The summed E-state index contributed by atoms with van der Waals surface area (Å²) in [4.78, 5) is 0. The fourth-order valence-electron chi connectivity index (χ4n) is 1.02. The van der Waals surface area contributed by atoms with E-state index in [1.54, 1.807) is 0 Å². The van der Waals surface area contributed by atoms with Gasteiger partial charge in [0.1, 0.15) is 6.54 Å². The molecular formula is C10H13ClN2. The normalized spacial score (nSPS) is 8.62. The standard InChI is InChI=1S/C10H13N2.ClH/c1-2-3-6-12-7-4-10(9-11)5-8-12;/h4-5,7-8H,2-3,6H2,1H3;1H/q+1;/p-1. The third-order valence-electron chi connectivity index (χ3n) is 1.79. The van der Waals surface area contributed by atoms with Crippen LogP contribution in [0.2, 0.25) is 0 Å². The van der Waals surface area contributed by atoms with Crippen molar-refractivity contribution >= 4 is 0 Å². The molecule has 2 nitrogen and oxygen atoms in total. The van der Waals surface area contributed by atoms with Crippen LogP contribution in [0.15, 0.2) is 24.5 Å². The van der Waals surface area contributed by atoms with E-state index in [2.05, 4.69) is 17.6 Å². The number of halogens is 1. The van der Waals surface area contributed by atoms with E-state index in [1.165, 1.54) is 12.8 Å². The zero-order valence-electron chi connectivity index (χ0n) is 7.70. The van der Waals surface area contributed by atoms with Gasteiger partial charge in [0.2, 0.25) is 0 Å². The van der Waals surface area contributed by atoms with E-state index in [-0.39, 0.29) is 12.4 Å². The molecule has 0 aromatic carbocycles. The molecule has 0 radical (unpaired) electrons. The van der Waals surface area contributed by atoms with Crippen molar-refractivity contribution in [3.63, 3.8) is 0 Å². The molecule has 0 aliphatic carbocycles. The first-order chi connectivity index (χ1) is 5.86. The highest BCUT2D eigenvalue weighted by Gasteiger charge is 1.98. The van der Waals surface area contributed by atoms with Crippen molar-refractivity contribution in [1.82, 2.24) is 0 Å². The lowest BCUT2D eigenvalue weighted by Crippen LogP contribution is -3.00. The molecular weight excluding hydrogens is 184 g/mol. The molecule has 0 N–H and O–H groups in total. The Bertz CT molecular complexity index is 274. The van der Waals surface area contributed by atoms with Crippen molar-refractivity contribution in [2.24, 2.45) is 0 Å². The molecule has 70 valence electrons. The molecule has 0 amide bonds. The van der Waals surface area contributed by atoms with Crippen LogP contribution in [0.1, 0.15) is 25.3 Å². The molecule has 1 aromatic heterocycles. The molecule has 0 fully saturated rings. The fourth-order valence-corrected chi connectivity index (χ4v) is 1.02. The maximum Gasteiger partial charge on any atom is 0.170 e. The number of unbranched alkanes of at least 4 members (excludes halogenated alkanes) is 1. The van der Waals surface area contributed by atoms with E-state index >= 15 is 0 Å². The Labute approximate surface area is 85.2 Å². The van der Waals surface area contributed by atoms with Crippen LogP contribution in [0.3, 0.4) is 0 Å². The van der Waals surface area contributed by atoms with Gasteiger partial charge in [0.25, 0.3) is 0 Å². The average molecular weight is 197 g/mol. The lowest BCUT2D eigenvalue weighted by Gasteiger charge is -1.93. The van der Waals surface area contributed by atoms with Crippen molar-refractivity contribution in [1.29, 1.82) is 5.26 Å². The summed E-state index contributed by atoms with van der Waals surface area (Å²) in [5.41, 5.74) is 0.725. The second-order valence-electron chi connectivity index (χ2n) is 2.79. The van der Waals surface area contributed by atoms with Gasteiger partial charge in [-0.05, 0) is 0 Å². The Morgan fingerprint density at radius 1 is 1.38 bits per heavy atom. The van der Waals surface area contributed by atoms with Crippen molar-refractivity contribution in [3.8, 4) is 6.07 Å². The van der Waals surface area contributed by atoms with E-state index < -0.39 is 0 Å². The fraction of sp³-hybridized carbons (Fsp3) is 0.400. The van der Waals surface area contributed by atoms with E-state index in [0.717, 1.165) is 12.1 Å². The lowest BCUT2D eigenvalue weighted by atomic mass is 10.3.